The molecular formula is C17H25FN2. The van der Waals surface area contributed by atoms with Gasteiger partial charge in [-0.3, -0.25) is 0 Å². The van der Waals surface area contributed by atoms with Crippen LogP contribution >= 0.6 is 0 Å². The van der Waals surface area contributed by atoms with Gasteiger partial charge in [-0.1, -0.05) is 18.9 Å². The van der Waals surface area contributed by atoms with Crippen molar-refractivity contribution in [3.05, 3.63) is 29.6 Å². The number of rotatable bonds is 3. The Bertz CT molecular complexity index is 458. The highest BCUT2D eigenvalue weighted by molar-refractivity contribution is 5.55. The number of nitrogens with zero attached hydrogens (tertiary/aromatic N) is 1. The van der Waals surface area contributed by atoms with Crippen molar-refractivity contribution in [1.29, 1.82) is 0 Å². The number of hydrogen-bond donors (Lipinski definition) is 1. The van der Waals surface area contributed by atoms with E-state index in [1.807, 2.05) is 6.07 Å². The number of nitrogens with two attached hydrogens (primary N) is 1. The Labute approximate surface area is 121 Å². The fourth-order valence-electron chi connectivity index (χ4n) is 4.13. The monoisotopic (exact) mass is 276 g/mol. The van der Waals surface area contributed by atoms with Crippen LogP contribution in [-0.4, -0.2) is 19.1 Å². The SMILES string of the molecule is NCCc1c(F)cccc1N1CCCC2CCCCC21. The third kappa shape index (κ3) is 2.56. The lowest BCUT2D eigenvalue weighted by Crippen LogP contribution is -2.47. The van der Waals surface area contributed by atoms with E-state index in [4.69, 9.17) is 5.73 Å². The number of piperidine rings is 1. The Morgan fingerprint density at radius 3 is 2.80 bits per heavy atom. The highest BCUT2D eigenvalue weighted by Crippen LogP contribution is 2.39. The zero-order valence-electron chi connectivity index (χ0n) is 12.2. The number of anilines is 1. The quantitative estimate of drug-likeness (QED) is 0.915. The van der Waals surface area contributed by atoms with E-state index >= 15 is 0 Å². The van der Waals surface area contributed by atoms with Crippen molar-refractivity contribution in [2.24, 2.45) is 11.7 Å². The second-order valence-electron chi connectivity index (χ2n) is 6.22. The molecule has 1 aromatic carbocycles. The highest BCUT2D eigenvalue weighted by Gasteiger charge is 2.34. The van der Waals surface area contributed by atoms with Crippen molar-refractivity contribution in [1.82, 2.24) is 0 Å². The summed E-state index contributed by atoms with van der Waals surface area (Å²) in [7, 11) is 0. The van der Waals surface area contributed by atoms with Gasteiger partial charge in [0.2, 0.25) is 0 Å². The molecule has 2 unspecified atom stereocenters. The van der Waals surface area contributed by atoms with E-state index in [0.29, 0.717) is 19.0 Å². The van der Waals surface area contributed by atoms with Crippen LogP contribution in [0.4, 0.5) is 10.1 Å². The van der Waals surface area contributed by atoms with Crippen LogP contribution in [0.3, 0.4) is 0 Å². The van der Waals surface area contributed by atoms with Gasteiger partial charge in [-0.15, -0.1) is 0 Å². The van der Waals surface area contributed by atoms with Crippen LogP contribution in [0, 0.1) is 11.7 Å². The summed E-state index contributed by atoms with van der Waals surface area (Å²) < 4.78 is 14.1. The predicted molar refractivity (Wildman–Crippen MR) is 81.5 cm³/mol. The topological polar surface area (TPSA) is 29.3 Å². The molecule has 0 radical (unpaired) electrons. The first-order valence-electron chi connectivity index (χ1n) is 8.05. The maximum atomic E-state index is 14.1. The molecule has 1 aliphatic carbocycles. The van der Waals surface area contributed by atoms with E-state index in [0.717, 1.165) is 23.7 Å². The van der Waals surface area contributed by atoms with Crippen molar-refractivity contribution in [2.45, 2.75) is 51.0 Å². The average Bonchev–Trinajstić information content (AvgIpc) is 2.49. The molecule has 110 valence electrons. The van der Waals surface area contributed by atoms with Crippen LogP contribution in [0.15, 0.2) is 18.2 Å². The summed E-state index contributed by atoms with van der Waals surface area (Å²) in [5.74, 6) is 0.720. The zero-order chi connectivity index (χ0) is 13.9. The Morgan fingerprint density at radius 2 is 1.95 bits per heavy atom. The molecular weight excluding hydrogens is 251 g/mol. The van der Waals surface area contributed by atoms with Crippen LogP contribution in [-0.2, 0) is 6.42 Å². The molecule has 1 heterocycles. The fraction of sp³-hybridized carbons (Fsp3) is 0.647. The normalized spacial score (nSPS) is 26.4. The minimum absolute atomic E-state index is 0.0918. The summed E-state index contributed by atoms with van der Waals surface area (Å²) in [5.41, 5.74) is 7.60. The standard InChI is InChI=1S/C17H25FN2/c18-15-7-3-9-17(14(15)10-11-19)20-12-4-6-13-5-1-2-8-16(13)20/h3,7,9,13,16H,1-2,4-6,8,10-12,19H2. The third-order valence-corrected chi connectivity index (χ3v) is 5.04. The highest BCUT2D eigenvalue weighted by atomic mass is 19.1. The molecule has 2 N–H and O–H groups in total. The van der Waals surface area contributed by atoms with Crippen LogP contribution in [0.25, 0.3) is 0 Å². The van der Waals surface area contributed by atoms with Crippen molar-refractivity contribution in [2.75, 3.05) is 18.0 Å². The molecule has 1 saturated heterocycles. The summed E-state index contributed by atoms with van der Waals surface area (Å²) >= 11 is 0. The molecule has 0 bridgehead atoms. The molecule has 3 heteroatoms. The smallest absolute Gasteiger partial charge is 0.128 e. The Hall–Kier alpha value is -1.09. The molecule has 2 fully saturated rings. The number of benzene rings is 1. The van der Waals surface area contributed by atoms with Gasteiger partial charge in [0.25, 0.3) is 0 Å². The zero-order valence-corrected chi connectivity index (χ0v) is 12.2. The number of hydrogen-bond acceptors (Lipinski definition) is 2. The molecule has 2 nitrogen and oxygen atoms in total. The first-order chi connectivity index (χ1) is 9.81. The largest absolute Gasteiger partial charge is 0.368 e. The number of fused-ring (bicyclic) bond motifs is 1. The fourth-order valence-corrected chi connectivity index (χ4v) is 4.13. The van der Waals surface area contributed by atoms with Crippen LogP contribution < -0.4 is 10.6 Å². The van der Waals surface area contributed by atoms with Crippen LogP contribution in [0.5, 0.6) is 0 Å². The molecule has 2 aliphatic rings. The van der Waals surface area contributed by atoms with Gasteiger partial charge in [-0.25, -0.2) is 4.39 Å². The van der Waals surface area contributed by atoms with Crippen molar-refractivity contribution < 1.29 is 4.39 Å². The minimum atomic E-state index is -0.0918. The van der Waals surface area contributed by atoms with E-state index in [9.17, 15) is 4.39 Å². The lowest BCUT2D eigenvalue weighted by Gasteiger charge is -2.46. The van der Waals surface area contributed by atoms with E-state index in [1.165, 1.54) is 38.5 Å². The molecule has 0 aromatic heterocycles. The maximum Gasteiger partial charge on any atom is 0.128 e. The molecule has 1 aromatic rings. The summed E-state index contributed by atoms with van der Waals surface area (Å²) in [6, 6.07) is 6.12. The molecule has 1 saturated carbocycles. The van der Waals surface area contributed by atoms with E-state index in [-0.39, 0.29) is 5.82 Å². The van der Waals surface area contributed by atoms with Gasteiger partial charge in [-0.2, -0.15) is 0 Å². The lowest BCUT2D eigenvalue weighted by atomic mass is 9.78. The third-order valence-electron chi connectivity index (χ3n) is 5.04. The number of halogens is 1. The average molecular weight is 276 g/mol. The van der Waals surface area contributed by atoms with Gasteiger partial charge in [0.05, 0.1) is 0 Å². The Kier molecular flexibility index (Phi) is 4.25. The van der Waals surface area contributed by atoms with Gasteiger partial charge in [0, 0.05) is 23.8 Å². The lowest BCUT2D eigenvalue weighted by molar-refractivity contribution is 0.243. The first kappa shape index (κ1) is 13.9. The minimum Gasteiger partial charge on any atom is -0.368 e. The second kappa shape index (κ2) is 6.13. The molecule has 1 aliphatic heterocycles. The van der Waals surface area contributed by atoms with Crippen LogP contribution in [0.2, 0.25) is 0 Å². The van der Waals surface area contributed by atoms with Crippen molar-refractivity contribution in [3.63, 3.8) is 0 Å². The summed E-state index contributed by atoms with van der Waals surface area (Å²) in [5, 5.41) is 0. The summed E-state index contributed by atoms with van der Waals surface area (Å²) in [6.07, 6.45) is 8.53. The summed E-state index contributed by atoms with van der Waals surface area (Å²) in [6.45, 7) is 1.58. The van der Waals surface area contributed by atoms with Gasteiger partial charge in [-0.05, 0) is 56.7 Å². The van der Waals surface area contributed by atoms with E-state index in [1.54, 1.807) is 6.07 Å². The van der Waals surface area contributed by atoms with E-state index in [2.05, 4.69) is 11.0 Å². The molecule has 3 rings (SSSR count). The Balaban J connectivity index is 1.92. The van der Waals surface area contributed by atoms with Gasteiger partial charge >= 0.3 is 0 Å². The van der Waals surface area contributed by atoms with Gasteiger partial charge in [0.15, 0.2) is 0 Å². The van der Waals surface area contributed by atoms with Crippen molar-refractivity contribution in [3.8, 4) is 0 Å². The molecule has 0 amide bonds. The van der Waals surface area contributed by atoms with Gasteiger partial charge < -0.3 is 10.6 Å². The second-order valence-corrected chi connectivity index (χ2v) is 6.22. The Morgan fingerprint density at radius 1 is 1.15 bits per heavy atom. The predicted octanol–water partition coefficient (Wildman–Crippen LogP) is 3.49. The van der Waals surface area contributed by atoms with Gasteiger partial charge in [0.1, 0.15) is 5.82 Å². The molecule has 2 atom stereocenters. The van der Waals surface area contributed by atoms with Crippen LogP contribution in [0.1, 0.15) is 44.1 Å². The maximum absolute atomic E-state index is 14.1. The molecule has 0 spiro atoms. The van der Waals surface area contributed by atoms with Crippen molar-refractivity contribution >= 4 is 5.69 Å². The van der Waals surface area contributed by atoms with E-state index < -0.39 is 0 Å². The summed E-state index contributed by atoms with van der Waals surface area (Å²) in [4.78, 5) is 2.49. The molecule has 20 heavy (non-hydrogen) atoms. The first-order valence-corrected chi connectivity index (χ1v) is 8.05.